The third kappa shape index (κ3) is 4.64. The van der Waals surface area contributed by atoms with E-state index in [1.807, 2.05) is 0 Å². The standard InChI is InChI=1S/C19H20FN3O3/c20-16-3-1-14(2-4-16)5-7-22-18(24)15-6-8-21-17(13-15)19(25)23-9-11-26-12-10-23/h1-4,6,8,13H,5,7,9-12H2,(H,22,24). The highest BCUT2D eigenvalue weighted by molar-refractivity contribution is 5.98. The number of rotatable bonds is 5. The number of pyridine rings is 1. The molecule has 0 saturated carbocycles. The van der Waals surface area contributed by atoms with E-state index in [4.69, 9.17) is 4.74 Å². The number of halogens is 1. The SMILES string of the molecule is O=C(NCCc1ccc(F)cc1)c1ccnc(C(=O)N2CCOCC2)c1. The number of benzene rings is 1. The molecule has 0 aliphatic carbocycles. The quantitative estimate of drug-likeness (QED) is 0.884. The number of hydrogen-bond acceptors (Lipinski definition) is 4. The minimum atomic E-state index is -0.285. The van der Waals surface area contributed by atoms with Crippen LogP contribution in [0.15, 0.2) is 42.6 Å². The van der Waals surface area contributed by atoms with E-state index in [2.05, 4.69) is 10.3 Å². The first-order valence-electron chi connectivity index (χ1n) is 8.49. The molecule has 1 aliphatic rings. The van der Waals surface area contributed by atoms with Crippen molar-refractivity contribution in [2.45, 2.75) is 6.42 Å². The molecule has 1 saturated heterocycles. The Morgan fingerprint density at radius 2 is 1.88 bits per heavy atom. The smallest absolute Gasteiger partial charge is 0.272 e. The van der Waals surface area contributed by atoms with E-state index in [-0.39, 0.29) is 23.3 Å². The van der Waals surface area contributed by atoms with Crippen LogP contribution in [-0.4, -0.2) is 54.5 Å². The van der Waals surface area contributed by atoms with Crippen LogP contribution in [0.4, 0.5) is 4.39 Å². The van der Waals surface area contributed by atoms with Gasteiger partial charge in [-0.3, -0.25) is 14.6 Å². The first-order chi connectivity index (χ1) is 12.6. The Morgan fingerprint density at radius 1 is 1.15 bits per heavy atom. The van der Waals surface area contributed by atoms with Gasteiger partial charge >= 0.3 is 0 Å². The van der Waals surface area contributed by atoms with Gasteiger partial charge in [-0.2, -0.15) is 0 Å². The maximum Gasteiger partial charge on any atom is 0.272 e. The molecule has 0 unspecified atom stereocenters. The van der Waals surface area contributed by atoms with Crippen molar-refractivity contribution in [1.82, 2.24) is 15.2 Å². The third-order valence-electron chi connectivity index (χ3n) is 4.15. The van der Waals surface area contributed by atoms with E-state index >= 15 is 0 Å². The van der Waals surface area contributed by atoms with Crippen LogP contribution in [0.5, 0.6) is 0 Å². The van der Waals surface area contributed by atoms with E-state index in [9.17, 15) is 14.0 Å². The second kappa shape index (κ2) is 8.53. The lowest BCUT2D eigenvalue weighted by Crippen LogP contribution is -2.41. The highest BCUT2D eigenvalue weighted by Crippen LogP contribution is 2.08. The minimum absolute atomic E-state index is 0.200. The topological polar surface area (TPSA) is 71.5 Å². The van der Waals surface area contributed by atoms with Crippen LogP contribution in [0.3, 0.4) is 0 Å². The molecule has 3 rings (SSSR count). The zero-order chi connectivity index (χ0) is 18.4. The summed E-state index contributed by atoms with van der Waals surface area (Å²) in [5.41, 5.74) is 1.57. The predicted molar refractivity (Wildman–Crippen MR) is 93.4 cm³/mol. The fourth-order valence-electron chi connectivity index (χ4n) is 2.69. The summed E-state index contributed by atoms with van der Waals surface area (Å²) < 4.78 is 18.1. The van der Waals surface area contributed by atoms with E-state index < -0.39 is 0 Å². The molecule has 2 aromatic rings. The lowest BCUT2D eigenvalue weighted by atomic mass is 10.1. The largest absolute Gasteiger partial charge is 0.378 e. The van der Waals surface area contributed by atoms with E-state index in [1.165, 1.54) is 24.4 Å². The van der Waals surface area contributed by atoms with Gasteiger partial charge in [-0.15, -0.1) is 0 Å². The highest BCUT2D eigenvalue weighted by atomic mass is 19.1. The highest BCUT2D eigenvalue weighted by Gasteiger charge is 2.20. The van der Waals surface area contributed by atoms with Gasteiger partial charge in [0.05, 0.1) is 13.2 Å². The van der Waals surface area contributed by atoms with Gasteiger partial charge in [0.1, 0.15) is 11.5 Å². The number of morpholine rings is 1. The van der Waals surface area contributed by atoms with Crippen LogP contribution < -0.4 is 5.32 Å². The normalized spacial score (nSPS) is 14.1. The molecular weight excluding hydrogens is 337 g/mol. The summed E-state index contributed by atoms with van der Waals surface area (Å²) in [5.74, 6) is -0.758. The molecule has 1 N–H and O–H groups in total. The zero-order valence-electron chi connectivity index (χ0n) is 14.3. The fourth-order valence-corrected chi connectivity index (χ4v) is 2.69. The van der Waals surface area contributed by atoms with Crippen LogP contribution >= 0.6 is 0 Å². The fraction of sp³-hybridized carbons (Fsp3) is 0.316. The Balaban J connectivity index is 1.57. The monoisotopic (exact) mass is 357 g/mol. The van der Waals surface area contributed by atoms with Gasteiger partial charge in [0, 0.05) is 31.4 Å². The first kappa shape index (κ1) is 18.0. The predicted octanol–water partition coefficient (Wildman–Crippen LogP) is 1.67. The maximum absolute atomic E-state index is 12.9. The molecule has 0 spiro atoms. The van der Waals surface area contributed by atoms with Crippen LogP contribution in [0.25, 0.3) is 0 Å². The summed E-state index contributed by atoms with van der Waals surface area (Å²) in [6.45, 7) is 2.48. The van der Waals surface area contributed by atoms with Crippen molar-refractivity contribution in [1.29, 1.82) is 0 Å². The van der Waals surface area contributed by atoms with Gasteiger partial charge in [0.2, 0.25) is 0 Å². The minimum Gasteiger partial charge on any atom is -0.378 e. The molecule has 1 aliphatic heterocycles. The lowest BCUT2D eigenvalue weighted by Gasteiger charge is -2.26. The number of aromatic nitrogens is 1. The van der Waals surface area contributed by atoms with E-state index in [1.54, 1.807) is 23.1 Å². The summed E-state index contributed by atoms with van der Waals surface area (Å²) in [6, 6.07) is 9.24. The van der Waals surface area contributed by atoms with Gasteiger partial charge in [0.15, 0.2) is 0 Å². The Labute approximate surface area is 151 Å². The second-order valence-electron chi connectivity index (χ2n) is 5.97. The number of nitrogens with zero attached hydrogens (tertiary/aromatic N) is 2. The van der Waals surface area contributed by atoms with E-state index in [0.29, 0.717) is 44.8 Å². The molecule has 2 amide bonds. The summed E-state index contributed by atoms with van der Waals surface area (Å²) in [6.07, 6.45) is 2.05. The summed E-state index contributed by atoms with van der Waals surface area (Å²) in [5, 5.41) is 2.80. The lowest BCUT2D eigenvalue weighted by molar-refractivity contribution is 0.0299. The molecule has 0 atom stereocenters. The van der Waals surface area contributed by atoms with Crippen molar-refractivity contribution in [3.8, 4) is 0 Å². The molecule has 7 heteroatoms. The van der Waals surface area contributed by atoms with Crippen LogP contribution in [0, 0.1) is 5.82 Å². The molecule has 136 valence electrons. The Kier molecular flexibility index (Phi) is 5.91. The molecule has 0 radical (unpaired) electrons. The van der Waals surface area contributed by atoms with Crippen molar-refractivity contribution in [3.63, 3.8) is 0 Å². The first-order valence-corrected chi connectivity index (χ1v) is 8.49. The van der Waals surface area contributed by atoms with Gasteiger partial charge in [-0.1, -0.05) is 12.1 Å². The van der Waals surface area contributed by atoms with Crippen molar-refractivity contribution in [3.05, 3.63) is 65.2 Å². The summed E-state index contributed by atoms with van der Waals surface area (Å²) in [7, 11) is 0. The van der Waals surface area contributed by atoms with E-state index in [0.717, 1.165) is 5.56 Å². The Bertz CT molecular complexity index is 774. The third-order valence-corrected chi connectivity index (χ3v) is 4.15. The van der Waals surface area contributed by atoms with Crippen LogP contribution in [0.1, 0.15) is 26.4 Å². The number of carbonyl (C=O) groups is 2. The Morgan fingerprint density at radius 3 is 2.62 bits per heavy atom. The number of ether oxygens (including phenoxy) is 1. The second-order valence-corrected chi connectivity index (χ2v) is 5.97. The van der Waals surface area contributed by atoms with Gasteiger partial charge < -0.3 is 15.0 Å². The zero-order valence-corrected chi connectivity index (χ0v) is 14.3. The number of carbonyl (C=O) groups excluding carboxylic acids is 2. The molecule has 2 heterocycles. The number of nitrogens with one attached hydrogen (secondary N) is 1. The molecule has 0 bridgehead atoms. The van der Waals surface area contributed by atoms with Crippen molar-refractivity contribution in [2.24, 2.45) is 0 Å². The molecule has 26 heavy (non-hydrogen) atoms. The van der Waals surface area contributed by atoms with Gasteiger partial charge in [-0.05, 0) is 36.2 Å². The van der Waals surface area contributed by atoms with Gasteiger partial charge in [0.25, 0.3) is 11.8 Å². The summed E-state index contributed by atoms with van der Waals surface area (Å²) >= 11 is 0. The molecule has 6 nitrogen and oxygen atoms in total. The molecule has 1 aromatic heterocycles. The van der Waals surface area contributed by atoms with Crippen LogP contribution in [0.2, 0.25) is 0 Å². The molecule has 1 fully saturated rings. The Hall–Kier alpha value is -2.80. The average molecular weight is 357 g/mol. The van der Waals surface area contributed by atoms with Crippen molar-refractivity contribution >= 4 is 11.8 Å². The molecule has 1 aromatic carbocycles. The maximum atomic E-state index is 12.9. The van der Waals surface area contributed by atoms with Gasteiger partial charge in [-0.25, -0.2) is 4.39 Å². The van der Waals surface area contributed by atoms with Crippen molar-refractivity contribution < 1.29 is 18.7 Å². The summed E-state index contributed by atoms with van der Waals surface area (Å²) in [4.78, 5) is 30.5. The number of hydrogen-bond donors (Lipinski definition) is 1. The van der Waals surface area contributed by atoms with Crippen LogP contribution in [-0.2, 0) is 11.2 Å². The number of amides is 2. The molecular formula is C19H20FN3O3. The average Bonchev–Trinajstić information content (AvgIpc) is 2.69. The van der Waals surface area contributed by atoms with Crippen molar-refractivity contribution in [2.75, 3.05) is 32.8 Å².